The van der Waals surface area contributed by atoms with Crippen molar-refractivity contribution in [2.45, 2.75) is 13.0 Å². The molecule has 1 aliphatic rings. The van der Waals surface area contributed by atoms with Gasteiger partial charge in [-0.25, -0.2) is 13.6 Å². The van der Waals surface area contributed by atoms with Gasteiger partial charge in [-0.3, -0.25) is 14.9 Å². The SMILES string of the molecule is C[C@H](OC(=O)c1cc2c(cc1[N+](=O)[O-])OCCO2)C(=O)Nc1c(F)cccc1F. The average molecular weight is 408 g/mol. The topological polar surface area (TPSA) is 117 Å². The Morgan fingerprint density at radius 2 is 1.76 bits per heavy atom. The van der Waals surface area contributed by atoms with Crippen LogP contribution in [-0.4, -0.2) is 36.1 Å². The molecule has 29 heavy (non-hydrogen) atoms. The molecule has 0 spiro atoms. The molecule has 1 atom stereocenters. The summed E-state index contributed by atoms with van der Waals surface area (Å²) in [5.74, 6) is -4.04. The van der Waals surface area contributed by atoms with Crippen LogP contribution >= 0.6 is 0 Å². The van der Waals surface area contributed by atoms with Crippen molar-refractivity contribution in [1.29, 1.82) is 0 Å². The molecular formula is C18H14F2N2O7. The van der Waals surface area contributed by atoms with Gasteiger partial charge in [-0.2, -0.15) is 0 Å². The number of carbonyl (C=O) groups is 2. The minimum Gasteiger partial charge on any atom is -0.486 e. The Kier molecular flexibility index (Phi) is 5.57. The lowest BCUT2D eigenvalue weighted by Crippen LogP contribution is -2.31. The van der Waals surface area contributed by atoms with E-state index in [1.54, 1.807) is 0 Å². The maximum atomic E-state index is 13.6. The maximum Gasteiger partial charge on any atom is 0.346 e. The van der Waals surface area contributed by atoms with Gasteiger partial charge in [-0.1, -0.05) is 6.07 Å². The maximum absolute atomic E-state index is 13.6. The molecule has 1 N–H and O–H groups in total. The minimum atomic E-state index is -1.51. The molecule has 1 amide bonds. The molecule has 0 aromatic heterocycles. The van der Waals surface area contributed by atoms with E-state index in [2.05, 4.69) is 0 Å². The van der Waals surface area contributed by atoms with Crippen LogP contribution in [0.4, 0.5) is 20.2 Å². The lowest BCUT2D eigenvalue weighted by Gasteiger charge is -2.19. The molecule has 1 heterocycles. The average Bonchev–Trinajstić information content (AvgIpc) is 2.69. The molecule has 2 aromatic carbocycles. The van der Waals surface area contributed by atoms with Gasteiger partial charge < -0.3 is 19.5 Å². The molecule has 3 rings (SSSR count). The fourth-order valence-electron chi connectivity index (χ4n) is 2.51. The summed E-state index contributed by atoms with van der Waals surface area (Å²) < 4.78 is 42.7. The van der Waals surface area contributed by atoms with Crippen LogP contribution in [0.25, 0.3) is 0 Å². The van der Waals surface area contributed by atoms with Crippen LogP contribution in [0.5, 0.6) is 11.5 Å². The van der Waals surface area contributed by atoms with Crippen molar-refractivity contribution in [3.8, 4) is 11.5 Å². The monoisotopic (exact) mass is 408 g/mol. The van der Waals surface area contributed by atoms with Crippen LogP contribution in [-0.2, 0) is 9.53 Å². The van der Waals surface area contributed by atoms with Crippen molar-refractivity contribution in [3.05, 3.63) is 57.6 Å². The van der Waals surface area contributed by atoms with Crippen molar-refractivity contribution in [2.24, 2.45) is 0 Å². The summed E-state index contributed by atoms with van der Waals surface area (Å²) in [6.07, 6.45) is -1.51. The number of anilines is 1. The number of hydrogen-bond acceptors (Lipinski definition) is 7. The number of nitro benzene ring substituents is 1. The van der Waals surface area contributed by atoms with Crippen LogP contribution in [0.2, 0.25) is 0 Å². The predicted octanol–water partition coefficient (Wildman–Crippen LogP) is 2.83. The third-order valence-corrected chi connectivity index (χ3v) is 3.94. The van der Waals surface area contributed by atoms with Crippen LogP contribution < -0.4 is 14.8 Å². The zero-order chi connectivity index (χ0) is 21.1. The zero-order valence-corrected chi connectivity index (χ0v) is 14.9. The molecule has 2 aromatic rings. The molecule has 0 bridgehead atoms. The lowest BCUT2D eigenvalue weighted by atomic mass is 10.1. The highest BCUT2D eigenvalue weighted by Crippen LogP contribution is 2.37. The summed E-state index contributed by atoms with van der Waals surface area (Å²) in [6, 6.07) is 5.09. The second kappa shape index (κ2) is 8.09. The number of para-hydroxylation sites is 1. The Morgan fingerprint density at radius 1 is 1.17 bits per heavy atom. The molecule has 1 aliphatic heterocycles. The second-order valence-corrected chi connectivity index (χ2v) is 5.90. The fourth-order valence-corrected chi connectivity index (χ4v) is 2.51. The van der Waals surface area contributed by atoms with Crippen LogP contribution in [0.3, 0.4) is 0 Å². The molecule has 0 radical (unpaired) electrons. The summed E-state index contributed by atoms with van der Waals surface area (Å²) >= 11 is 0. The van der Waals surface area contributed by atoms with E-state index in [0.717, 1.165) is 37.3 Å². The Bertz CT molecular complexity index is 976. The molecule has 11 heteroatoms. The first-order chi connectivity index (χ1) is 13.8. The fraction of sp³-hybridized carbons (Fsp3) is 0.222. The first-order valence-corrected chi connectivity index (χ1v) is 8.32. The van der Waals surface area contributed by atoms with Crippen LogP contribution in [0.1, 0.15) is 17.3 Å². The van der Waals surface area contributed by atoms with Gasteiger partial charge in [0.15, 0.2) is 17.6 Å². The molecule has 9 nitrogen and oxygen atoms in total. The van der Waals surface area contributed by atoms with Gasteiger partial charge in [-0.15, -0.1) is 0 Å². The number of nitrogens with zero attached hydrogens (tertiary/aromatic N) is 1. The molecule has 0 saturated carbocycles. The summed E-state index contributed by atoms with van der Waals surface area (Å²) in [7, 11) is 0. The van der Waals surface area contributed by atoms with Crippen LogP contribution in [0, 0.1) is 21.7 Å². The largest absolute Gasteiger partial charge is 0.486 e. The highest BCUT2D eigenvalue weighted by Gasteiger charge is 2.30. The number of esters is 1. The Balaban J connectivity index is 1.79. The van der Waals surface area contributed by atoms with E-state index < -0.39 is 51.5 Å². The quantitative estimate of drug-likeness (QED) is 0.459. The number of ether oxygens (including phenoxy) is 3. The number of halogens is 2. The van der Waals surface area contributed by atoms with E-state index in [1.165, 1.54) is 0 Å². The van der Waals surface area contributed by atoms with Crippen molar-refractivity contribution in [2.75, 3.05) is 18.5 Å². The van der Waals surface area contributed by atoms with Gasteiger partial charge in [0.1, 0.15) is 36.1 Å². The van der Waals surface area contributed by atoms with Crippen LogP contribution in [0.15, 0.2) is 30.3 Å². The van der Waals surface area contributed by atoms with E-state index >= 15 is 0 Å². The first kappa shape index (κ1) is 20.0. The van der Waals surface area contributed by atoms with Crippen molar-refractivity contribution < 1.29 is 37.5 Å². The number of nitrogens with one attached hydrogen (secondary N) is 1. The first-order valence-electron chi connectivity index (χ1n) is 8.32. The molecule has 0 aliphatic carbocycles. The third kappa shape index (κ3) is 4.23. The summed E-state index contributed by atoms with van der Waals surface area (Å²) in [4.78, 5) is 35.0. The van der Waals surface area contributed by atoms with E-state index in [9.17, 15) is 28.5 Å². The third-order valence-electron chi connectivity index (χ3n) is 3.94. The van der Waals surface area contributed by atoms with Gasteiger partial charge >= 0.3 is 5.97 Å². The molecule has 0 fully saturated rings. The molecular weight excluding hydrogens is 394 g/mol. The normalized spacial score (nSPS) is 13.3. The van der Waals surface area contributed by atoms with Gasteiger partial charge in [-0.05, 0) is 19.1 Å². The van der Waals surface area contributed by atoms with E-state index in [1.807, 2.05) is 5.32 Å². The Morgan fingerprint density at radius 3 is 2.34 bits per heavy atom. The van der Waals surface area contributed by atoms with Gasteiger partial charge in [0.05, 0.1) is 11.0 Å². The standard InChI is InChI=1S/C18H14F2N2O7/c1-9(17(23)21-16-11(19)3-2-4-12(16)20)29-18(24)10-7-14-15(28-6-5-27-14)8-13(10)22(25)26/h2-4,7-9H,5-6H2,1H3,(H,21,23)/t9-/m0/s1. The number of fused-ring (bicyclic) bond motifs is 1. The van der Waals surface area contributed by atoms with Gasteiger partial charge in [0, 0.05) is 6.07 Å². The molecule has 152 valence electrons. The molecule has 0 unspecified atom stereocenters. The number of rotatable bonds is 5. The molecule has 0 saturated heterocycles. The second-order valence-electron chi connectivity index (χ2n) is 5.90. The van der Waals surface area contributed by atoms with Gasteiger partial charge in [0.2, 0.25) is 0 Å². The lowest BCUT2D eigenvalue weighted by molar-refractivity contribution is -0.385. The summed E-state index contributed by atoms with van der Waals surface area (Å²) in [5.41, 5.74) is -1.77. The smallest absolute Gasteiger partial charge is 0.346 e. The van der Waals surface area contributed by atoms with Gasteiger partial charge in [0.25, 0.3) is 11.6 Å². The zero-order valence-electron chi connectivity index (χ0n) is 14.9. The Hall–Kier alpha value is -3.76. The highest BCUT2D eigenvalue weighted by atomic mass is 19.1. The van der Waals surface area contributed by atoms with E-state index in [4.69, 9.17) is 14.2 Å². The van der Waals surface area contributed by atoms with E-state index in [-0.39, 0.29) is 24.7 Å². The highest BCUT2D eigenvalue weighted by molar-refractivity contribution is 5.99. The van der Waals surface area contributed by atoms with Crippen molar-refractivity contribution in [1.82, 2.24) is 0 Å². The van der Waals surface area contributed by atoms with E-state index in [0.29, 0.717) is 0 Å². The predicted molar refractivity (Wildman–Crippen MR) is 94.0 cm³/mol. The Labute approximate surface area is 162 Å². The number of benzene rings is 2. The number of nitro groups is 1. The number of amides is 1. The minimum absolute atomic E-state index is 0.0975. The summed E-state index contributed by atoms with van der Waals surface area (Å²) in [5, 5.41) is 13.3. The summed E-state index contributed by atoms with van der Waals surface area (Å²) in [6.45, 7) is 1.53. The number of hydrogen-bond donors (Lipinski definition) is 1. The van der Waals surface area contributed by atoms with Crippen molar-refractivity contribution >= 4 is 23.3 Å². The number of carbonyl (C=O) groups excluding carboxylic acids is 2. The van der Waals surface area contributed by atoms with Crippen molar-refractivity contribution in [3.63, 3.8) is 0 Å².